The maximum atomic E-state index is 5.92. The third-order valence-corrected chi connectivity index (χ3v) is 8.23. The van der Waals surface area contributed by atoms with E-state index in [1.165, 1.54) is 48.3 Å². The van der Waals surface area contributed by atoms with Gasteiger partial charge in [-0.3, -0.25) is 11.3 Å². The summed E-state index contributed by atoms with van der Waals surface area (Å²) in [6.07, 6.45) is 5.35. The Hall–Kier alpha value is -0.160. The van der Waals surface area contributed by atoms with Gasteiger partial charge in [0.1, 0.15) is 0 Å². The molecule has 1 saturated heterocycles. The highest BCUT2D eigenvalue weighted by atomic mass is 32.2. The van der Waals surface area contributed by atoms with Crippen molar-refractivity contribution in [3.05, 3.63) is 35.4 Å². The van der Waals surface area contributed by atoms with Crippen LogP contribution in [0.15, 0.2) is 24.3 Å². The number of benzene rings is 1. The SMILES string of the molecule is CCC1SCCSC1C(NN)c1ccc(C2CCC2)cc1. The van der Waals surface area contributed by atoms with Gasteiger partial charge in [-0.2, -0.15) is 23.5 Å². The van der Waals surface area contributed by atoms with Gasteiger partial charge in [0, 0.05) is 22.0 Å². The van der Waals surface area contributed by atoms with Crippen LogP contribution in [0.4, 0.5) is 0 Å². The van der Waals surface area contributed by atoms with Crippen molar-refractivity contribution in [1.82, 2.24) is 5.43 Å². The number of thioether (sulfide) groups is 2. The van der Waals surface area contributed by atoms with E-state index < -0.39 is 0 Å². The molecule has 0 spiro atoms. The first-order valence-corrected chi connectivity index (χ1v) is 10.2. The lowest BCUT2D eigenvalue weighted by atomic mass is 9.80. The van der Waals surface area contributed by atoms with E-state index >= 15 is 0 Å². The van der Waals surface area contributed by atoms with Gasteiger partial charge < -0.3 is 0 Å². The van der Waals surface area contributed by atoms with Crippen LogP contribution >= 0.6 is 23.5 Å². The summed E-state index contributed by atoms with van der Waals surface area (Å²) in [4.78, 5) is 0. The molecule has 0 bridgehead atoms. The molecule has 3 atom stereocenters. The van der Waals surface area contributed by atoms with Crippen molar-refractivity contribution in [2.75, 3.05) is 11.5 Å². The van der Waals surface area contributed by atoms with Crippen molar-refractivity contribution < 1.29 is 0 Å². The van der Waals surface area contributed by atoms with E-state index in [2.05, 4.69) is 60.1 Å². The van der Waals surface area contributed by atoms with Crippen molar-refractivity contribution in [2.24, 2.45) is 5.84 Å². The zero-order chi connectivity index (χ0) is 14.7. The Morgan fingerprint density at radius 1 is 1.19 bits per heavy atom. The van der Waals surface area contributed by atoms with Crippen molar-refractivity contribution in [3.8, 4) is 0 Å². The smallest absolute Gasteiger partial charge is 0.0589 e. The summed E-state index contributed by atoms with van der Waals surface area (Å²) in [7, 11) is 0. The maximum Gasteiger partial charge on any atom is 0.0589 e. The molecule has 2 aliphatic rings. The lowest BCUT2D eigenvalue weighted by Crippen LogP contribution is -2.41. The van der Waals surface area contributed by atoms with E-state index in [0.717, 1.165) is 5.92 Å². The summed E-state index contributed by atoms with van der Waals surface area (Å²) in [6, 6.07) is 9.51. The zero-order valence-corrected chi connectivity index (χ0v) is 14.4. The minimum absolute atomic E-state index is 0.267. The highest BCUT2D eigenvalue weighted by molar-refractivity contribution is 8.07. The van der Waals surface area contributed by atoms with Crippen molar-refractivity contribution >= 4 is 23.5 Å². The molecule has 21 heavy (non-hydrogen) atoms. The van der Waals surface area contributed by atoms with Crippen molar-refractivity contribution in [1.29, 1.82) is 0 Å². The van der Waals surface area contributed by atoms with Gasteiger partial charge in [-0.25, -0.2) is 0 Å². The Kier molecular flexibility index (Phi) is 5.54. The molecule has 1 saturated carbocycles. The van der Waals surface area contributed by atoms with E-state index in [-0.39, 0.29) is 6.04 Å². The molecule has 1 heterocycles. The van der Waals surface area contributed by atoms with E-state index in [0.29, 0.717) is 10.5 Å². The molecule has 0 aromatic heterocycles. The predicted molar refractivity (Wildman–Crippen MR) is 95.9 cm³/mol. The van der Waals surface area contributed by atoms with Gasteiger partial charge in [-0.15, -0.1) is 0 Å². The fourth-order valence-electron chi connectivity index (χ4n) is 3.34. The van der Waals surface area contributed by atoms with Crippen molar-refractivity contribution in [3.63, 3.8) is 0 Å². The summed E-state index contributed by atoms with van der Waals surface area (Å²) >= 11 is 4.20. The van der Waals surface area contributed by atoms with Crippen LogP contribution in [0.1, 0.15) is 55.7 Å². The summed E-state index contributed by atoms with van der Waals surface area (Å²) < 4.78 is 0. The van der Waals surface area contributed by atoms with E-state index in [4.69, 9.17) is 5.84 Å². The first-order chi connectivity index (χ1) is 10.3. The molecular weight excluding hydrogens is 296 g/mol. The van der Waals surface area contributed by atoms with E-state index in [1.54, 1.807) is 0 Å². The Bertz CT molecular complexity index is 445. The van der Waals surface area contributed by atoms with Gasteiger partial charge >= 0.3 is 0 Å². The van der Waals surface area contributed by atoms with Crippen LogP contribution in [0.2, 0.25) is 0 Å². The highest BCUT2D eigenvalue weighted by Gasteiger charge is 2.32. The number of hydrogen-bond donors (Lipinski definition) is 2. The minimum Gasteiger partial charge on any atom is -0.271 e. The quantitative estimate of drug-likeness (QED) is 0.632. The molecule has 4 heteroatoms. The molecule has 3 N–H and O–H groups in total. The number of hydrazine groups is 1. The van der Waals surface area contributed by atoms with Gasteiger partial charge in [0.15, 0.2) is 0 Å². The summed E-state index contributed by atoms with van der Waals surface area (Å²) in [5.41, 5.74) is 5.95. The van der Waals surface area contributed by atoms with Crippen LogP contribution < -0.4 is 11.3 Å². The fourth-order valence-corrected chi connectivity index (χ4v) is 6.58. The zero-order valence-electron chi connectivity index (χ0n) is 12.8. The molecule has 1 aromatic rings. The standard InChI is InChI=1S/C17H26N2S2/c1-2-15-17(21-11-10-20-15)16(19-18)14-8-6-13(7-9-14)12-4-3-5-12/h6-9,12,15-17,19H,2-5,10-11,18H2,1H3. The third kappa shape index (κ3) is 3.44. The average molecular weight is 323 g/mol. The Morgan fingerprint density at radius 3 is 2.48 bits per heavy atom. The van der Waals surface area contributed by atoms with Gasteiger partial charge in [-0.05, 0) is 36.3 Å². The first-order valence-electron chi connectivity index (χ1n) is 8.12. The number of nitrogens with two attached hydrogens (primary N) is 1. The molecule has 1 aromatic carbocycles. The number of nitrogens with one attached hydrogen (secondary N) is 1. The molecular formula is C17H26N2S2. The Labute approximate surface area is 137 Å². The molecule has 116 valence electrons. The molecule has 2 fully saturated rings. The van der Waals surface area contributed by atoms with Crippen LogP contribution in [0.25, 0.3) is 0 Å². The van der Waals surface area contributed by atoms with Crippen LogP contribution in [0.3, 0.4) is 0 Å². The van der Waals surface area contributed by atoms with E-state index in [9.17, 15) is 0 Å². The third-order valence-electron chi connectivity index (χ3n) is 4.87. The normalized spacial score (nSPS) is 28.1. The largest absolute Gasteiger partial charge is 0.271 e. The minimum atomic E-state index is 0.267. The van der Waals surface area contributed by atoms with Crippen LogP contribution in [0.5, 0.6) is 0 Å². The number of hydrogen-bond acceptors (Lipinski definition) is 4. The molecule has 2 nitrogen and oxygen atoms in total. The van der Waals surface area contributed by atoms with Crippen LogP contribution in [0, 0.1) is 0 Å². The molecule has 3 unspecified atom stereocenters. The first kappa shape index (κ1) is 15.7. The van der Waals surface area contributed by atoms with Crippen LogP contribution in [-0.2, 0) is 0 Å². The second kappa shape index (κ2) is 7.40. The average Bonchev–Trinajstić information content (AvgIpc) is 2.48. The molecule has 1 aliphatic carbocycles. The lowest BCUT2D eigenvalue weighted by molar-refractivity contribution is 0.419. The van der Waals surface area contributed by atoms with Gasteiger partial charge in [-0.1, -0.05) is 37.6 Å². The van der Waals surface area contributed by atoms with Crippen LogP contribution in [-0.4, -0.2) is 22.0 Å². The summed E-state index contributed by atoms with van der Waals surface area (Å²) in [6.45, 7) is 2.30. The maximum absolute atomic E-state index is 5.92. The second-order valence-electron chi connectivity index (χ2n) is 6.09. The van der Waals surface area contributed by atoms with Crippen molar-refractivity contribution in [2.45, 2.75) is 55.1 Å². The molecule has 1 aliphatic heterocycles. The Morgan fingerprint density at radius 2 is 1.90 bits per heavy atom. The summed E-state index contributed by atoms with van der Waals surface area (Å²) in [5, 5.41) is 1.28. The van der Waals surface area contributed by atoms with E-state index in [1.807, 2.05) is 0 Å². The monoisotopic (exact) mass is 322 g/mol. The van der Waals surface area contributed by atoms with Gasteiger partial charge in [0.2, 0.25) is 0 Å². The summed E-state index contributed by atoms with van der Waals surface area (Å²) in [5.74, 6) is 9.24. The van der Waals surface area contributed by atoms with Gasteiger partial charge in [0.05, 0.1) is 6.04 Å². The topological polar surface area (TPSA) is 38.0 Å². The predicted octanol–water partition coefficient (Wildman–Crippen LogP) is 4.09. The molecule has 0 radical (unpaired) electrons. The lowest BCUT2D eigenvalue weighted by Gasteiger charge is -2.36. The highest BCUT2D eigenvalue weighted by Crippen LogP contribution is 2.41. The molecule has 0 amide bonds. The van der Waals surface area contributed by atoms with Gasteiger partial charge in [0.25, 0.3) is 0 Å². The second-order valence-corrected chi connectivity index (χ2v) is 8.72. The molecule has 3 rings (SSSR count). The fraction of sp³-hybridized carbons (Fsp3) is 0.647. The number of rotatable bonds is 5. The Balaban J connectivity index is 1.75.